The van der Waals surface area contributed by atoms with E-state index in [4.69, 9.17) is 4.99 Å². The maximum absolute atomic E-state index is 12.8. The Morgan fingerprint density at radius 2 is 1.90 bits per heavy atom. The Kier molecular flexibility index (Phi) is 6.00. The van der Waals surface area contributed by atoms with Crippen molar-refractivity contribution in [2.45, 2.75) is 39.0 Å². The van der Waals surface area contributed by atoms with Crippen molar-refractivity contribution < 1.29 is 9.59 Å². The van der Waals surface area contributed by atoms with E-state index in [0.29, 0.717) is 19.6 Å². The number of hydrogen-bond acceptors (Lipinski definition) is 4. The fourth-order valence-corrected chi connectivity index (χ4v) is 5.83. The van der Waals surface area contributed by atoms with Gasteiger partial charge < -0.3 is 10.6 Å². The molecular formula is C23H32N4O2S. The summed E-state index contributed by atoms with van der Waals surface area (Å²) in [6.45, 7) is 9.08. The third kappa shape index (κ3) is 3.92. The van der Waals surface area contributed by atoms with Crippen molar-refractivity contribution in [2.75, 3.05) is 26.2 Å². The topological polar surface area (TPSA) is 73.8 Å². The normalized spacial score (nSPS) is 27.8. The number of carbonyl (C=O) groups excluding carboxylic acids is 2. The van der Waals surface area contributed by atoms with Crippen molar-refractivity contribution >= 4 is 29.1 Å². The Morgan fingerprint density at radius 3 is 2.50 bits per heavy atom. The molecule has 6 nitrogen and oxygen atoms in total. The summed E-state index contributed by atoms with van der Waals surface area (Å²) in [5.41, 5.74) is -0.0178. The predicted molar refractivity (Wildman–Crippen MR) is 120 cm³/mol. The summed E-state index contributed by atoms with van der Waals surface area (Å²) >= 11 is 1.76. The number of imide groups is 1. The minimum absolute atomic E-state index is 0.0178. The van der Waals surface area contributed by atoms with E-state index < -0.39 is 0 Å². The average molecular weight is 429 g/mol. The van der Waals surface area contributed by atoms with E-state index in [2.05, 4.69) is 54.1 Å². The molecule has 4 atom stereocenters. The van der Waals surface area contributed by atoms with Crippen LogP contribution in [-0.4, -0.2) is 48.9 Å². The first kappa shape index (κ1) is 21.1. The summed E-state index contributed by atoms with van der Waals surface area (Å²) in [5.74, 6) is 1.22. The molecule has 3 aliphatic rings. The Bertz CT molecular complexity index is 815. The van der Waals surface area contributed by atoms with Gasteiger partial charge in [-0.1, -0.05) is 32.1 Å². The fourth-order valence-electron chi connectivity index (χ4n) is 4.99. The molecule has 1 aliphatic heterocycles. The molecule has 2 aliphatic carbocycles. The zero-order valence-corrected chi connectivity index (χ0v) is 18.9. The van der Waals surface area contributed by atoms with Gasteiger partial charge in [-0.25, -0.2) is 0 Å². The second-order valence-electron chi connectivity index (χ2n) is 9.16. The summed E-state index contributed by atoms with van der Waals surface area (Å²) in [6.07, 6.45) is 5.97. The first-order chi connectivity index (χ1) is 14.4. The zero-order valence-electron chi connectivity index (χ0n) is 18.1. The van der Waals surface area contributed by atoms with Crippen molar-refractivity contribution in [3.8, 4) is 0 Å². The van der Waals surface area contributed by atoms with Crippen LogP contribution in [0.15, 0.2) is 34.7 Å². The molecule has 0 aromatic carbocycles. The van der Waals surface area contributed by atoms with Gasteiger partial charge in [0.1, 0.15) is 0 Å². The molecule has 2 amide bonds. The molecule has 4 rings (SSSR count). The van der Waals surface area contributed by atoms with Crippen LogP contribution in [0.2, 0.25) is 0 Å². The molecule has 4 unspecified atom stereocenters. The monoisotopic (exact) mass is 428 g/mol. The van der Waals surface area contributed by atoms with Crippen LogP contribution < -0.4 is 10.6 Å². The molecule has 1 aromatic heterocycles. The van der Waals surface area contributed by atoms with Crippen LogP contribution in [0, 0.1) is 23.7 Å². The quantitative estimate of drug-likeness (QED) is 0.220. The number of guanidine groups is 1. The SMILES string of the molecule is CCNC(=NCC(C)(C)c1cccs1)NCCCN1C(=O)C2C3C=CC(C3)C2C1=O. The molecule has 30 heavy (non-hydrogen) atoms. The van der Waals surface area contributed by atoms with Crippen LogP contribution >= 0.6 is 11.3 Å². The Hall–Kier alpha value is -2.15. The molecule has 2 bridgehead atoms. The average Bonchev–Trinajstić information content (AvgIpc) is 3.50. The van der Waals surface area contributed by atoms with Crippen molar-refractivity contribution in [2.24, 2.45) is 28.7 Å². The minimum atomic E-state index is -0.0983. The second-order valence-corrected chi connectivity index (χ2v) is 10.1. The summed E-state index contributed by atoms with van der Waals surface area (Å²) in [7, 11) is 0. The summed E-state index contributed by atoms with van der Waals surface area (Å²) in [5, 5.41) is 8.74. The van der Waals surface area contributed by atoms with E-state index in [1.54, 1.807) is 11.3 Å². The summed E-state index contributed by atoms with van der Waals surface area (Å²) < 4.78 is 0. The maximum Gasteiger partial charge on any atom is 0.233 e. The highest BCUT2D eigenvalue weighted by molar-refractivity contribution is 7.10. The van der Waals surface area contributed by atoms with E-state index in [1.807, 2.05) is 6.92 Å². The molecule has 2 N–H and O–H groups in total. The highest BCUT2D eigenvalue weighted by Crippen LogP contribution is 2.52. The smallest absolute Gasteiger partial charge is 0.233 e. The lowest BCUT2D eigenvalue weighted by atomic mass is 9.85. The number of thiophene rings is 1. The summed E-state index contributed by atoms with van der Waals surface area (Å²) in [4.78, 5) is 33.1. The van der Waals surface area contributed by atoms with Gasteiger partial charge in [0.25, 0.3) is 0 Å². The van der Waals surface area contributed by atoms with Crippen molar-refractivity contribution in [1.29, 1.82) is 0 Å². The number of allylic oxidation sites excluding steroid dienone is 2. The largest absolute Gasteiger partial charge is 0.357 e. The standard InChI is InChI=1S/C23H32N4O2S/c1-4-24-22(26-14-23(2,3)17-7-5-12-30-17)25-10-6-11-27-20(28)18-15-8-9-16(13-15)19(18)21(27)29/h5,7-9,12,15-16,18-19H,4,6,10-11,13-14H2,1-3H3,(H2,24,25,26). The molecule has 7 heteroatoms. The molecule has 162 valence electrons. The molecule has 1 saturated heterocycles. The van der Waals surface area contributed by atoms with E-state index in [1.165, 1.54) is 9.78 Å². The predicted octanol–water partition coefficient (Wildman–Crippen LogP) is 2.78. The number of likely N-dealkylation sites (tertiary alicyclic amines) is 1. The number of aliphatic imine (C=N–C) groups is 1. The van der Waals surface area contributed by atoms with E-state index in [0.717, 1.165) is 25.3 Å². The maximum atomic E-state index is 12.8. The lowest BCUT2D eigenvalue weighted by molar-refractivity contribution is -0.140. The van der Waals surface area contributed by atoms with Crippen LogP contribution in [0.4, 0.5) is 0 Å². The van der Waals surface area contributed by atoms with Crippen LogP contribution in [0.3, 0.4) is 0 Å². The lowest BCUT2D eigenvalue weighted by Crippen LogP contribution is -2.40. The zero-order chi connectivity index (χ0) is 21.3. The molecule has 0 radical (unpaired) electrons. The Balaban J connectivity index is 1.27. The third-order valence-electron chi connectivity index (χ3n) is 6.58. The van der Waals surface area contributed by atoms with Gasteiger partial charge in [0.2, 0.25) is 11.8 Å². The van der Waals surface area contributed by atoms with Crippen LogP contribution in [0.1, 0.15) is 38.5 Å². The summed E-state index contributed by atoms with van der Waals surface area (Å²) in [6, 6.07) is 4.23. The highest BCUT2D eigenvalue weighted by atomic mass is 32.1. The van der Waals surface area contributed by atoms with Gasteiger partial charge in [-0.3, -0.25) is 19.5 Å². The lowest BCUT2D eigenvalue weighted by Gasteiger charge is -2.22. The molecule has 2 fully saturated rings. The van der Waals surface area contributed by atoms with Gasteiger partial charge in [0.15, 0.2) is 5.96 Å². The number of nitrogens with one attached hydrogen (secondary N) is 2. The van der Waals surface area contributed by atoms with Crippen LogP contribution in [-0.2, 0) is 15.0 Å². The Labute approximate surface area is 182 Å². The number of rotatable bonds is 8. The molecule has 0 spiro atoms. The van der Waals surface area contributed by atoms with Crippen LogP contribution in [0.25, 0.3) is 0 Å². The fraction of sp³-hybridized carbons (Fsp3) is 0.609. The number of carbonyl (C=O) groups is 2. The molecule has 1 aromatic rings. The number of hydrogen-bond donors (Lipinski definition) is 2. The van der Waals surface area contributed by atoms with Crippen molar-refractivity contribution in [3.05, 3.63) is 34.5 Å². The van der Waals surface area contributed by atoms with Gasteiger partial charge in [0.05, 0.1) is 18.4 Å². The van der Waals surface area contributed by atoms with Gasteiger partial charge in [-0.05, 0) is 43.0 Å². The van der Waals surface area contributed by atoms with Crippen LogP contribution in [0.5, 0.6) is 0 Å². The van der Waals surface area contributed by atoms with E-state index in [9.17, 15) is 9.59 Å². The Morgan fingerprint density at radius 1 is 1.20 bits per heavy atom. The van der Waals surface area contributed by atoms with Gasteiger partial charge in [0, 0.05) is 29.9 Å². The van der Waals surface area contributed by atoms with Crippen molar-refractivity contribution in [3.63, 3.8) is 0 Å². The van der Waals surface area contributed by atoms with Gasteiger partial charge >= 0.3 is 0 Å². The third-order valence-corrected chi connectivity index (χ3v) is 7.81. The van der Waals surface area contributed by atoms with Gasteiger partial charge in [-0.2, -0.15) is 0 Å². The van der Waals surface area contributed by atoms with E-state index >= 15 is 0 Å². The number of fused-ring (bicyclic) bond motifs is 5. The number of amides is 2. The van der Waals surface area contributed by atoms with E-state index in [-0.39, 0.29) is 40.9 Å². The molecular weight excluding hydrogens is 396 g/mol. The first-order valence-electron chi connectivity index (χ1n) is 11.0. The molecule has 1 saturated carbocycles. The molecule has 2 heterocycles. The van der Waals surface area contributed by atoms with Gasteiger partial charge in [-0.15, -0.1) is 11.3 Å². The van der Waals surface area contributed by atoms with Crippen molar-refractivity contribution in [1.82, 2.24) is 15.5 Å². The minimum Gasteiger partial charge on any atom is -0.357 e. The first-order valence-corrected chi connectivity index (χ1v) is 11.9. The second kappa shape index (κ2) is 8.53. The highest BCUT2D eigenvalue weighted by Gasteiger charge is 2.58. The number of nitrogens with zero attached hydrogens (tertiary/aromatic N) is 2.